The van der Waals surface area contributed by atoms with Gasteiger partial charge in [0.2, 0.25) is 0 Å². The van der Waals surface area contributed by atoms with Crippen molar-refractivity contribution in [2.75, 3.05) is 0 Å². The summed E-state index contributed by atoms with van der Waals surface area (Å²) in [4.78, 5) is 0. The monoisotopic (exact) mass is 880 g/mol. The molecule has 0 bridgehead atoms. The van der Waals surface area contributed by atoms with Crippen LogP contribution in [-0.2, 0) is 0 Å². The molecule has 12 aromatic rings. The Labute approximate surface area is 398 Å². The van der Waals surface area contributed by atoms with E-state index < -0.39 is 8.07 Å². The van der Waals surface area contributed by atoms with Gasteiger partial charge in [-0.15, -0.1) is 0 Å². The van der Waals surface area contributed by atoms with Gasteiger partial charge in [0.05, 0.1) is 0 Å². The molecule has 1 aliphatic heterocycles. The van der Waals surface area contributed by atoms with Crippen molar-refractivity contribution >= 4 is 94.2 Å². The molecule has 12 aromatic carbocycles. The van der Waals surface area contributed by atoms with Crippen LogP contribution in [0.5, 0.6) is 0 Å². The van der Waals surface area contributed by atoms with Crippen LogP contribution < -0.4 is 10.4 Å². The molecule has 1 aliphatic rings. The van der Waals surface area contributed by atoms with E-state index in [4.69, 9.17) is 0 Å². The Morgan fingerprint density at radius 1 is 0.397 bits per heavy atom. The molecule has 68 heavy (non-hydrogen) atoms. The molecule has 0 N–H and O–H groups in total. The fourth-order valence-electron chi connectivity index (χ4n) is 11.8. The molecule has 0 fully saturated rings. The summed E-state index contributed by atoms with van der Waals surface area (Å²) < 4.78 is 0. The summed E-state index contributed by atoms with van der Waals surface area (Å²) in [6.45, 7) is 11.8. The Morgan fingerprint density at radius 3 is 1.69 bits per heavy atom. The van der Waals surface area contributed by atoms with Gasteiger partial charge in [-0.1, -0.05) is 238 Å². The second-order valence-electron chi connectivity index (χ2n) is 19.1. The average Bonchev–Trinajstić information content (AvgIpc) is 3.61. The average molecular weight is 881 g/mol. The number of rotatable bonds is 7. The van der Waals surface area contributed by atoms with Gasteiger partial charge in [0.1, 0.15) is 8.07 Å². The van der Waals surface area contributed by atoms with Gasteiger partial charge in [-0.2, -0.15) is 0 Å². The molecular weight excluding hydrogens is 833 g/mol. The highest BCUT2D eigenvalue weighted by Crippen LogP contribution is 2.47. The van der Waals surface area contributed by atoms with E-state index in [2.05, 4.69) is 251 Å². The Balaban J connectivity index is 1.02. The van der Waals surface area contributed by atoms with Crippen LogP contribution in [0.15, 0.2) is 231 Å². The summed E-state index contributed by atoms with van der Waals surface area (Å²) in [5.41, 5.74) is 14.8. The van der Waals surface area contributed by atoms with Crippen LogP contribution in [0.25, 0.3) is 120 Å². The van der Waals surface area contributed by atoms with E-state index in [1.807, 2.05) is 0 Å². The minimum atomic E-state index is -2.24. The van der Waals surface area contributed by atoms with E-state index in [0.717, 1.165) is 11.1 Å². The Bertz CT molecular complexity index is 4040. The third-order valence-electron chi connectivity index (χ3n) is 15.1. The fraction of sp³-hybridized carbons (Fsp3) is 0.0448. The maximum atomic E-state index is 4.49. The van der Waals surface area contributed by atoms with E-state index in [0.29, 0.717) is 0 Å². The first-order valence-electron chi connectivity index (χ1n) is 23.9. The zero-order chi connectivity index (χ0) is 45.7. The minimum absolute atomic E-state index is 0.993. The van der Waals surface area contributed by atoms with Gasteiger partial charge >= 0.3 is 0 Å². The Hall–Kier alpha value is -8.10. The van der Waals surface area contributed by atoms with Crippen molar-refractivity contribution in [1.82, 2.24) is 0 Å². The molecule has 0 aromatic heterocycles. The highest BCUT2D eigenvalue weighted by molar-refractivity contribution is 7.04. The fourth-order valence-corrected chi connectivity index (χ4v) is 14.9. The summed E-state index contributed by atoms with van der Waals surface area (Å²) >= 11 is 0. The number of hydrogen-bond acceptors (Lipinski definition) is 0. The molecule has 0 saturated heterocycles. The Morgan fingerprint density at radius 2 is 0.956 bits per heavy atom. The van der Waals surface area contributed by atoms with Crippen LogP contribution in [0.1, 0.15) is 18.1 Å². The highest BCUT2D eigenvalue weighted by atomic mass is 28.3. The number of fused-ring (bicyclic) bond motifs is 7. The lowest BCUT2D eigenvalue weighted by Crippen LogP contribution is -2.49. The standard InChI is InChI=1S/C67H48Si/c1-5-43(30-29-42(2)44-17-8-6-9-18-44)64-53-23-12-13-24-54(53)66(48-33-31-46(32-34-48)45-19-10-7-11-20-45)60-40-59-51-36-35-49(39-62(51)68(3,4)63(59)41-61(60)64)50-37-38-58-56-26-15-22-47-21-14-25-55(65(47)56)57-28-16-27-52(50)67(57)58/h5-41H,2H2,1,3-4H3/b30-29-,43-5+. The van der Waals surface area contributed by atoms with Crippen molar-refractivity contribution in [3.63, 3.8) is 0 Å². The van der Waals surface area contributed by atoms with Gasteiger partial charge in [-0.25, -0.2) is 0 Å². The van der Waals surface area contributed by atoms with E-state index in [1.54, 1.807) is 0 Å². The van der Waals surface area contributed by atoms with Gasteiger partial charge in [0.25, 0.3) is 0 Å². The van der Waals surface area contributed by atoms with Gasteiger partial charge in [-0.3, -0.25) is 0 Å². The third kappa shape index (κ3) is 6.06. The Kier molecular flexibility index (Phi) is 9.16. The lowest BCUT2D eigenvalue weighted by Gasteiger charge is -2.23. The van der Waals surface area contributed by atoms with Crippen LogP contribution in [0.3, 0.4) is 0 Å². The highest BCUT2D eigenvalue weighted by Gasteiger charge is 2.39. The van der Waals surface area contributed by atoms with Crippen molar-refractivity contribution in [3.05, 3.63) is 242 Å². The summed E-state index contributed by atoms with van der Waals surface area (Å²) in [7, 11) is -2.24. The zero-order valence-electron chi connectivity index (χ0n) is 38.6. The van der Waals surface area contributed by atoms with Crippen molar-refractivity contribution in [2.24, 2.45) is 0 Å². The first-order valence-corrected chi connectivity index (χ1v) is 26.9. The molecule has 320 valence electrons. The smallest absolute Gasteiger partial charge is 0.0912 e. The molecule has 1 heterocycles. The summed E-state index contributed by atoms with van der Waals surface area (Å²) in [5.74, 6) is 0. The molecule has 13 rings (SSSR count). The van der Waals surface area contributed by atoms with Crippen molar-refractivity contribution in [3.8, 4) is 44.5 Å². The maximum Gasteiger partial charge on any atom is 0.113 e. The van der Waals surface area contributed by atoms with Gasteiger partial charge < -0.3 is 0 Å². The third-order valence-corrected chi connectivity index (χ3v) is 18.7. The minimum Gasteiger partial charge on any atom is -0.0912 e. The van der Waals surface area contributed by atoms with Crippen LogP contribution in [0, 0.1) is 0 Å². The molecule has 0 saturated carbocycles. The van der Waals surface area contributed by atoms with Crippen molar-refractivity contribution in [1.29, 1.82) is 0 Å². The molecule has 1 heteroatoms. The number of hydrogen-bond donors (Lipinski definition) is 0. The number of benzene rings is 12. The van der Waals surface area contributed by atoms with E-state index >= 15 is 0 Å². The largest absolute Gasteiger partial charge is 0.113 e. The molecule has 0 aliphatic carbocycles. The second kappa shape index (κ2) is 15.5. The van der Waals surface area contributed by atoms with Crippen LogP contribution in [0.4, 0.5) is 0 Å². The van der Waals surface area contributed by atoms with E-state index in [-0.39, 0.29) is 0 Å². The maximum absolute atomic E-state index is 4.49. The van der Waals surface area contributed by atoms with Crippen molar-refractivity contribution in [2.45, 2.75) is 20.0 Å². The molecule has 0 amide bonds. The van der Waals surface area contributed by atoms with Crippen LogP contribution in [-0.4, -0.2) is 8.07 Å². The van der Waals surface area contributed by atoms with Crippen molar-refractivity contribution < 1.29 is 0 Å². The molecule has 0 unspecified atom stereocenters. The topological polar surface area (TPSA) is 0 Å². The molecule has 0 atom stereocenters. The number of allylic oxidation sites excluding steroid dienone is 5. The summed E-state index contributed by atoms with van der Waals surface area (Å²) in [5, 5.41) is 18.7. The predicted molar refractivity (Wildman–Crippen MR) is 299 cm³/mol. The zero-order valence-corrected chi connectivity index (χ0v) is 39.6. The predicted octanol–water partition coefficient (Wildman–Crippen LogP) is 17.5. The van der Waals surface area contributed by atoms with Gasteiger partial charge in [0, 0.05) is 0 Å². The van der Waals surface area contributed by atoms with Gasteiger partial charge in [-0.05, 0) is 155 Å². The molecule has 0 nitrogen and oxygen atoms in total. The molecule has 0 radical (unpaired) electrons. The second-order valence-corrected chi connectivity index (χ2v) is 23.5. The lowest BCUT2D eigenvalue weighted by molar-refractivity contribution is 1.61. The van der Waals surface area contributed by atoms with Crippen LogP contribution >= 0.6 is 0 Å². The lowest BCUT2D eigenvalue weighted by atomic mass is 9.84. The quantitative estimate of drug-likeness (QED) is 0.0648. The molecular formula is C67H48Si. The summed E-state index contributed by atoms with van der Waals surface area (Å²) in [6, 6.07) is 77.2. The summed E-state index contributed by atoms with van der Waals surface area (Å²) in [6.07, 6.45) is 6.74. The molecule has 0 spiro atoms. The van der Waals surface area contributed by atoms with E-state index in [1.165, 1.54) is 131 Å². The first-order chi connectivity index (χ1) is 33.4. The van der Waals surface area contributed by atoms with Crippen LogP contribution in [0.2, 0.25) is 13.1 Å². The SMILES string of the molecule is C=C(/C=C\C(=C/C)c1c2ccccc2c(-c2ccc(-c3ccccc3)cc2)c2cc3c(cc12)[Si](C)(C)c1cc(-c2ccc4c5cccc6cccc(c7cccc2c74)c65)ccc1-3)c1ccccc1. The van der Waals surface area contributed by atoms with E-state index in [9.17, 15) is 0 Å². The normalized spacial score (nSPS) is 13.4. The first kappa shape index (κ1) is 40.2. The van der Waals surface area contributed by atoms with Gasteiger partial charge in [0.15, 0.2) is 0 Å².